The zero-order valence-corrected chi connectivity index (χ0v) is 15.1. The summed E-state index contributed by atoms with van der Waals surface area (Å²) in [7, 11) is 0. The van der Waals surface area contributed by atoms with Crippen molar-refractivity contribution in [2.24, 2.45) is 0 Å². The highest BCUT2D eigenvalue weighted by atomic mass is 16.5. The molecule has 4 rings (SSSR count). The Morgan fingerprint density at radius 3 is 2.68 bits per heavy atom. The van der Waals surface area contributed by atoms with Gasteiger partial charge in [-0.1, -0.05) is 30.3 Å². The number of amides is 2. The van der Waals surface area contributed by atoms with Gasteiger partial charge in [0.25, 0.3) is 0 Å². The van der Waals surface area contributed by atoms with E-state index >= 15 is 0 Å². The Labute approximate surface area is 162 Å². The normalized spacial score (nSPS) is 15.4. The average molecular weight is 376 g/mol. The predicted molar refractivity (Wildman–Crippen MR) is 104 cm³/mol. The second-order valence-corrected chi connectivity index (χ2v) is 6.65. The van der Waals surface area contributed by atoms with Crippen molar-refractivity contribution in [3.8, 4) is 11.5 Å². The Bertz CT molecular complexity index is 984. The zero-order valence-electron chi connectivity index (χ0n) is 15.1. The van der Waals surface area contributed by atoms with Gasteiger partial charge in [-0.15, -0.1) is 0 Å². The Balaban J connectivity index is 1.39. The minimum absolute atomic E-state index is 0.0954. The molecule has 28 heavy (non-hydrogen) atoms. The first-order chi connectivity index (χ1) is 13.7. The summed E-state index contributed by atoms with van der Waals surface area (Å²) in [5, 5.41) is 12.4. The van der Waals surface area contributed by atoms with E-state index in [1.54, 1.807) is 24.3 Å². The number of hydrogen-bond acceptors (Lipinski definition) is 4. The summed E-state index contributed by atoms with van der Waals surface area (Å²) in [6, 6.07) is 16.2. The monoisotopic (exact) mass is 376 g/mol. The van der Waals surface area contributed by atoms with Crippen molar-refractivity contribution in [3.05, 3.63) is 72.1 Å². The third-order valence-electron chi connectivity index (χ3n) is 4.67. The van der Waals surface area contributed by atoms with Crippen molar-refractivity contribution in [1.82, 2.24) is 15.5 Å². The highest BCUT2D eigenvalue weighted by Crippen LogP contribution is 2.29. The maximum atomic E-state index is 12.4. The van der Waals surface area contributed by atoms with Crippen LogP contribution in [0.5, 0.6) is 11.5 Å². The number of nitrogens with zero attached hydrogens (tertiary/aromatic N) is 1. The lowest BCUT2D eigenvalue weighted by Gasteiger charge is -2.22. The molecule has 3 N–H and O–H groups in total. The lowest BCUT2D eigenvalue weighted by atomic mass is 9.94. The molecule has 142 valence electrons. The number of H-pyrrole nitrogens is 1. The molecule has 1 aromatic heterocycles. The summed E-state index contributed by atoms with van der Waals surface area (Å²) in [6.45, 7) is 0. The Morgan fingerprint density at radius 1 is 1.04 bits per heavy atom. The number of hydrogen-bond donors (Lipinski definition) is 3. The first kappa shape index (κ1) is 17.8. The van der Waals surface area contributed by atoms with Crippen molar-refractivity contribution < 1.29 is 14.3 Å². The first-order valence-electron chi connectivity index (χ1n) is 9.14. The van der Waals surface area contributed by atoms with E-state index in [1.165, 1.54) is 5.56 Å². The van der Waals surface area contributed by atoms with E-state index in [9.17, 15) is 9.59 Å². The second kappa shape index (κ2) is 7.96. The topological polar surface area (TPSA) is 96.1 Å². The molecule has 1 atom stereocenters. The number of aryl methyl sites for hydroxylation is 1. The number of benzene rings is 2. The van der Waals surface area contributed by atoms with Gasteiger partial charge in [0.05, 0.1) is 11.9 Å². The minimum atomic E-state index is -0.723. The van der Waals surface area contributed by atoms with Crippen LogP contribution < -0.4 is 15.4 Å². The number of anilines is 1. The summed E-state index contributed by atoms with van der Waals surface area (Å²) in [5.74, 6) is -0.275. The van der Waals surface area contributed by atoms with Gasteiger partial charge in [-0.3, -0.25) is 14.7 Å². The molecule has 1 aliphatic rings. The third kappa shape index (κ3) is 4.03. The molecule has 0 radical (unpaired) electrons. The number of nitrogens with one attached hydrogen (secondary N) is 3. The van der Waals surface area contributed by atoms with Gasteiger partial charge < -0.3 is 15.4 Å². The van der Waals surface area contributed by atoms with Crippen molar-refractivity contribution in [3.63, 3.8) is 0 Å². The molecular formula is C21H20N4O3. The fraction of sp³-hybridized carbons (Fsp3) is 0.190. The van der Waals surface area contributed by atoms with Crippen LogP contribution in [-0.4, -0.2) is 28.1 Å². The molecule has 2 amide bonds. The number of ether oxygens (including phenoxy) is 1. The molecule has 0 aliphatic heterocycles. The molecule has 1 aliphatic carbocycles. The van der Waals surface area contributed by atoms with Gasteiger partial charge in [0.1, 0.15) is 5.75 Å². The number of carbonyl (C=O) groups excluding carboxylic acids is 2. The smallest absolute Gasteiger partial charge is 0.313 e. The second-order valence-electron chi connectivity index (χ2n) is 6.65. The summed E-state index contributed by atoms with van der Waals surface area (Å²) in [5.41, 5.74) is 2.62. The molecule has 1 unspecified atom stereocenters. The van der Waals surface area contributed by atoms with Crippen LogP contribution in [0.3, 0.4) is 0 Å². The molecule has 0 fully saturated rings. The molecule has 7 heteroatoms. The van der Waals surface area contributed by atoms with Gasteiger partial charge in [-0.2, -0.15) is 5.10 Å². The van der Waals surface area contributed by atoms with Gasteiger partial charge in [-0.25, -0.2) is 0 Å². The third-order valence-corrected chi connectivity index (χ3v) is 4.67. The van der Waals surface area contributed by atoms with Crippen LogP contribution >= 0.6 is 0 Å². The molecule has 0 saturated carbocycles. The van der Waals surface area contributed by atoms with E-state index in [-0.39, 0.29) is 6.04 Å². The van der Waals surface area contributed by atoms with Crippen molar-refractivity contribution >= 4 is 17.5 Å². The van der Waals surface area contributed by atoms with Crippen LogP contribution in [0.15, 0.2) is 60.8 Å². The van der Waals surface area contributed by atoms with Gasteiger partial charge >= 0.3 is 11.8 Å². The standard InChI is InChI=1S/C21H20N4O3/c26-20(23-15-11-10-14-13-22-25-18(14)12-15)21(27)24-17-8-4-5-9-19(17)28-16-6-2-1-3-7-16/h1-9,13,15H,10-12H2,(H,22,25)(H,23,26)(H,24,27). The van der Waals surface area contributed by atoms with Crippen molar-refractivity contribution in [2.45, 2.75) is 25.3 Å². The average Bonchev–Trinajstić information content (AvgIpc) is 3.18. The molecular weight excluding hydrogens is 356 g/mol. The number of aromatic nitrogens is 2. The van der Waals surface area contributed by atoms with Crippen molar-refractivity contribution in [1.29, 1.82) is 0 Å². The summed E-state index contributed by atoms with van der Waals surface area (Å²) < 4.78 is 5.81. The molecule has 0 saturated heterocycles. The summed E-state index contributed by atoms with van der Waals surface area (Å²) in [6.07, 6.45) is 4.05. The van der Waals surface area contributed by atoms with E-state index in [1.807, 2.05) is 36.5 Å². The Kier molecular flexibility index (Phi) is 5.05. The SMILES string of the molecule is O=C(Nc1ccccc1Oc1ccccc1)C(=O)NC1CCc2cn[nH]c2C1. The van der Waals surface area contributed by atoms with Crippen LogP contribution in [0.25, 0.3) is 0 Å². The van der Waals surface area contributed by atoms with Crippen LogP contribution in [-0.2, 0) is 22.4 Å². The van der Waals surface area contributed by atoms with E-state index in [0.717, 1.165) is 18.5 Å². The van der Waals surface area contributed by atoms with Gasteiger partial charge in [0.15, 0.2) is 5.75 Å². The van der Waals surface area contributed by atoms with Gasteiger partial charge in [-0.05, 0) is 42.7 Å². The van der Waals surface area contributed by atoms with Crippen LogP contribution in [0.2, 0.25) is 0 Å². The van der Waals surface area contributed by atoms with Crippen molar-refractivity contribution in [2.75, 3.05) is 5.32 Å². The van der Waals surface area contributed by atoms with E-state index in [2.05, 4.69) is 20.8 Å². The highest BCUT2D eigenvalue weighted by Gasteiger charge is 2.24. The van der Waals surface area contributed by atoms with Gasteiger partial charge in [0.2, 0.25) is 0 Å². The number of carbonyl (C=O) groups is 2. The number of aromatic amines is 1. The van der Waals surface area contributed by atoms with E-state index in [4.69, 9.17) is 4.74 Å². The van der Waals surface area contributed by atoms with Crippen LogP contribution in [0.1, 0.15) is 17.7 Å². The fourth-order valence-corrected chi connectivity index (χ4v) is 3.24. The molecule has 1 heterocycles. The highest BCUT2D eigenvalue weighted by molar-refractivity contribution is 6.39. The molecule has 0 bridgehead atoms. The number of fused-ring (bicyclic) bond motifs is 1. The molecule has 7 nitrogen and oxygen atoms in total. The lowest BCUT2D eigenvalue weighted by Crippen LogP contribution is -2.44. The van der Waals surface area contributed by atoms with E-state index in [0.29, 0.717) is 23.6 Å². The Hall–Kier alpha value is -3.61. The fourth-order valence-electron chi connectivity index (χ4n) is 3.24. The van der Waals surface area contributed by atoms with Crippen LogP contribution in [0, 0.1) is 0 Å². The quantitative estimate of drug-likeness (QED) is 0.610. The Morgan fingerprint density at radius 2 is 1.82 bits per heavy atom. The minimum Gasteiger partial charge on any atom is -0.455 e. The van der Waals surface area contributed by atoms with Gasteiger partial charge in [0, 0.05) is 18.2 Å². The zero-order chi connectivity index (χ0) is 19.3. The maximum absolute atomic E-state index is 12.4. The summed E-state index contributed by atoms with van der Waals surface area (Å²) in [4.78, 5) is 24.7. The number of rotatable bonds is 4. The molecule has 0 spiro atoms. The maximum Gasteiger partial charge on any atom is 0.313 e. The molecule has 2 aromatic carbocycles. The predicted octanol–water partition coefficient (Wildman–Crippen LogP) is 2.81. The largest absolute Gasteiger partial charge is 0.455 e. The van der Waals surface area contributed by atoms with Crippen LogP contribution in [0.4, 0.5) is 5.69 Å². The summed E-state index contributed by atoms with van der Waals surface area (Å²) >= 11 is 0. The molecule has 3 aromatic rings. The lowest BCUT2D eigenvalue weighted by molar-refractivity contribution is -0.136. The number of para-hydroxylation sites is 3. The van der Waals surface area contributed by atoms with E-state index < -0.39 is 11.8 Å². The first-order valence-corrected chi connectivity index (χ1v) is 9.14.